The van der Waals surface area contributed by atoms with Crippen LogP contribution in [0.15, 0.2) is 54.6 Å². The zero-order valence-electron chi connectivity index (χ0n) is 14.5. The van der Waals surface area contributed by atoms with E-state index in [-0.39, 0.29) is 18.2 Å². The molecule has 0 bridgehead atoms. The Labute approximate surface area is 159 Å². The van der Waals surface area contributed by atoms with E-state index in [0.29, 0.717) is 0 Å². The number of carbonyl (C=O) groups is 2. The maximum Gasteiger partial charge on any atom is 0.326 e. The Kier molecular flexibility index (Phi) is 5.99. The van der Waals surface area contributed by atoms with Crippen LogP contribution in [0.2, 0.25) is 0 Å². The van der Waals surface area contributed by atoms with Gasteiger partial charge in [0.15, 0.2) is 0 Å². The molecule has 5 heteroatoms. The van der Waals surface area contributed by atoms with Crippen LogP contribution in [0.25, 0.3) is 11.1 Å². The van der Waals surface area contributed by atoms with Crippen molar-refractivity contribution in [2.24, 2.45) is 5.92 Å². The van der Waals surface area contributed by atoms with E-state index in [2.05, 4.69) is 17.9 Å². The van der Waals surface area contributed by atoms with Crippen molar-refractivity contribution in [3.05, 3.63) is 60.2 Å². The Hall–Kier alpha value is -2.27. The summed E-state index contributed by atoms with van der Waals surface area (Å²) in [6.45, 7) is 0. The van der Waals surface area contributed by atoms with Crippen LogP contribution in [0, 0.1) is 5.92 Å². The number of amides is 1. The molecule has 26 heavy (non-hydrogen) atoms. The number of thiol groups is 1. The lowest BCUT2D eigenvalue weighted by atomic mass is 9.82. The lowest BCUT2D eigenvalue weighted by molar-refractivity contribution is -0.141. The Morgan fingerprint density at radius 1 is 1.04 bits per heavy atom. The second kappa shape index (κ2) is 8.41. The zero-order valence-corrected chi connectivity index (χ0v) is 15.4. The van der Waals surface area contributed by atoms with Crippen LogP contribution in [0.5, 0.6) is 0 Å². The molecule has 2 aromatic rings. The Morgan fingerprint density at radius 3 is 2.19 bits per heavy atom. The van der Waals surface area contributed by atoms with Crippen LogP contribution >= 0.6 is 12.6 Å². The molecular formula is C21H23NO3S. The Morgan fingerprint density at radius 2 is 1.65 bits per heavy atom. The van der Waals surface area contributed by atoms with Gasteiger partial charge in [0, 0.05) is 6.42 Å². The van der Waals surface area contributed by atoms with E-state index in [1.807, 2.05) is 54.6 Å². The number of rotatable bonds is 7. The molecule has 1 unspecified atom stereocenters. The van der Waals surface area contributed by atoms with E-state index in [1.165, 1.54) is 0 Å². The van der Waals surface area contributed by atoms with Crippen LogP contribution in [-0.4, -0.2) is 28.3 Å². The monoisotopic (exact) mass is 369 g/mol. The number of benzene rings is 2. The summed E-state index contributed by atoms with van der Waals surface area (Å²) in [4.78, 5) is 23.8. The maximum atomic E-state index is 12.3. The summed E-state index contributed by atoms with van der Waals surface area (Å²) in [5.41, 5.74) is 3.06. The van der Waals surface area contributed by atoms with Gasteiger partial charge < -0.3 is 10.4 Å². The van der Waals surface area contributed by atoms with E-state index in [0.717, 1.165) is 36.0 Å². The number of carboxylic acids is 1. The summed E-state index contributed by atoms with van der Waals surface area (Å²) >= 11 is 4.37. The van der Waals surface area contributed by atoms with Gasteiger partial charge in [-0.3, -0.25) is 4.79 Å². The second-order valence-corrected chi connectivity index (χ2v) is 7.36. The molecule has 0 aliphatic heterocycles. The first-order chi connectivity index (χ1) is 12.5. The Bertz CT molecular complexity index is 757. The summed E-state index contributed by atoms with van der Waals surface area (Å²) in [5, 5.41) is 11.7. The predicted octanol–water partition coefficient (Wildman–Crippen LogP) is 3.56. The van der Waals surface area contributed by atoms with Crippen LogP contribution < -0.4 is 5.32 Å². The standard InChI is InChI=1S/C21H23NO3S/c23-20(19(26)17-7-4-8-17)22-18(21(24)25)13-14-9-11-16(12-10-14)15-5-2-1-3-6-15/h1-3,5-6,9-12,17-19,26H,4,7-8,13H2,(H,22,23)(H,24,25)/t18-,19?/m0/s1. The average molecular weight is 369 g/mol. The molecule has 0 aromatic heterocycles. The number of carbonyl (C=O) groups excluding carboxylic acids is 1. The van der Waals surface area contributed by atoms with Crippen molar-refractivity contribution < 1.29 is 14.7 Å². The zero-order chi connectivity index (χ0) is 18.5. The second-order valence-electron chi connectivity index (χ2n) is 6.80. The molecule has 136 valence electrons. The van der Waals surface area contributed by atoms with Gasteiger partial charge in [-0.15, -0.1) is 0 Å². The molecule has 0 spiro atoms. The molecule has 2 atom stereocenters. The highest BCUT2D eigenvalue weighted by Gasteiger charge is 2.32. The molecule has 0 radical (unpaired) electrons. The van der Waals surface area contributed by atoms with Crippen molar-refractivity contribution in [1.82, 2.24) is 5.32 Å². The number of nitrogens with one attached hydrogen (secondary N) is 1. The van der Waals surface area contributed by atoms with E-state index in [1.54, 1.807) is 0 Å². The van der Waals surface area contributed by atoms with Crippen LogP contribution in [0.1, 0.15) is 24.8 Å². The number of hydrogen-bond acceptors (Lipinski definition) is 3. The highest BCUT2D eigenvalue weighted by molar-refractivity contribution is 7.81. The van der Waals surface area contributed by atoms with Gasteiger partial charge in [-0.2, -0.15) is 12.6 Å². The Balaban J connectivity index is 1.64. The predicted molar refractivity (Wildman–Crippen MR) is 105 cm³/mol. The fraction of sp³-hybridized carbons (Fsp3) is 0.333. The van der Waals surface area contributed by atoms with Gasteiger partial charge in [-0.1, -0.05) is 61.0 Å². The lowest BCUT2D eigenvalue weighted by Gasteiger charge is -2.30. The summed E-state index contributed by atoms with van der Waals surface area (Å²) in [7, 11) is 0. The third kappa shape index (κ3) is 4.47. The fourth-order valence-corrected chi connectivity index (χ4v) is 3.50. The number of carboxylic acid groups (broad SMARTS) is 1. The largest absolute Gasteiger partial charge is 0.480 e. The fourth-order valence-electron chi connectivity index (χ4n) is 3.13. The number of aliphatic carboxylic acids is 1. The molecule has 0 heterocycles. The van der Waals surface area contributed by atoms with Gasteiger partial charge in [-0.25, -0.2) is 4.79 Å². The van der Waals surface area contributed by atoms with Crippen molar-refractivity contribution in [3.8, 4) is 11.1 Å². The van der Waals surface area contributed by atoms with Gasteiger partial charge in [0.25, 0.3) is 0 Å². The van der Waals surface area contributed by atoms with E-state index in [9.17, 15) is 14.7 Å². The minimum absolute atomic E-state index is 0.251. The van der Waals surface area contributed by atoms with Crippen LogP contribution in [0.3, 0.4) is 0 Å². The van der Waals surface area contributed by atoms with Crippen molar-refractivity contribution >= 4 is 24.5 Å². The van der Waals surface area contributed by atoms with E-state index >= 15 is 0 Å². The van der Waals surface area contributed by atoms with Crippen LogP contribution in [-0.2, 0) is 16.0 Å². The molecule has 1 aliphatic rings. The van der Waals surface area contributed by atoms with Crippen molar-refractivity contribution in [2.45, 2.75) is 37.0 Å². The third-order valence-corrected chi connectivity index (χ3v) is 5.64. The maximum absolute atomic E-state index is 12.3. The smallest absolute Gasteiger partial charge is 0.326 e. The van der Waals surface area contributed by atoms with Crippen molar-refractivity contribution in [2.75, 3.05) is 0 Å². The highest BCUT2D eigenvalue weighted by Crippen LogP contribution is 2.32. The quantitative estimate of drug-likeness (QED) is 0.654. The third-order valence-electron chi connectivity index (χ3n) is 4.98. The summed E-state index contributed by atoms with van der Waals surface area (Å²) in [6, 6.07) is 16.8. The molecular weight excluding hydrogens is 346 g/mol. The molecule has 1 fully saturated rings. The van der Waals surface area contributed by atoms with Gasteiger partial charge in [0.2, 0.25) is 5.91 Å². The molecule has 1 aliphatic carbocycles. The first-order valence-corrected chi connectivity index (χ1v) is 9.42. The molecule has 2 aromatic carbocycles. The molecule has 3 rings (SSSR count). The average Bonchev–Trinajstić information content (AvgIpc) is 2.61. The minimum atomic E-state index is -1.03. The van der Waals surface area contributed by atoms with Gasteiger partial charge in [0.05, 0.1) is 5.25 Å². The van der Waals surface area contributed by atoms with Crippen molar-refractivity contribution in [3.63, 3.8) is 0 Å². The molecule has 0 saturated heterocycles. The summed E-state index contributed by atoms with van der Waals surface area (Å²) < 4.78 is 0. The SMILES string of the molecule is O=C(N[C@@H](Cc1ccc(-c2ccccc2)cc1)C(=O)O)C(S)C1CCC1. The normalized spacial score (nSPS) is 16.3. The number of hydrogen-bond donors (Lipinski definition) is 3. The summed E-state index contributed by atoms with van der Waals surface area (Å²) in [6.07, 6.45) is 3.34. The van der Waals surface area contributed by atoms with E-state index < -0.39 is 17.3 Å². The lowest BCUT2D eigenvalue weighted by Crippen LogP contribution is -2.47. The molecule has 2 N–H and O–H groups in total. The van der Waals surface area contributed by atoms with Crippen LogP contribution in [0.4, 0.5) is 0 Å². The van der Waals surface area contributed by atoms with Crippen molar-refractivity contribution in [1.29, 1.82) is 0 Å². The minimum Gasteiger partial charge on any atom is -0.480 e. The topological polar surface area (TPSA) is 66.4 Å². The summed E-state index contributed by atoms with van der Waals surface area (Å²) in [5.74, 6) is -1.05. The highest BCUT2D eigenvalue weighted by atomic mass is 32.1. The molecule has 1 amide bonds. The van der Waals surface area contributed by atoms with E-state index in [4.69, 9.17) is 0 Å². The van der Waals surface area contributed by atoms with Gasteiger partial charge in [0.1, 0.15) is 6.04 Å². The molecule has 4 nitrogen and oxygen atoms in total. The molecule has 1 saturated carbocycles. The first kappa shape index (κ1) is 18.5. The van der Waals surface area contributed by atoms with Gasteiger partial charge >= 0.3 is 5.97 Å². The van der Waals surface area contributed by atoms with Gasteiger partial charge in [-0.05, 0) is 35.4 Å². The first-order valence-electron chi connectivity index (χ1n) is 8.90.